The van der Waals surface area contributed by atoms with E-state index < -0.39 is 78.7 Å². The zero-order valence-electron chi connectivity index (χ0n) is 29.2. The minimum Gasteiger partial charge on any atom is -0.447 e. The molecule has 290 valence electrons. The Balaban J connectivity index is 0.00000105. The van der Waals surface area contributed by atoms with E-state index in [-0.39, 0.29) is 18.4 Å². The molecule has 0 saturated heterocycles. The minimum absolute atomic E-state index is 0.0942. The maximum atomic E-state index is 15.4. The van der Waals surface area contributed by atoms with Crippen LogP contribution in [-0.4, -0.2) is 65.7 Å². The van der Waals surface area contributed by atoms with Crippen molar-refractivity contribution in [2.75, 3.05) is 6.61 Å². The van der Waals surface area contributed by atoms with Crippen LogP contribution in [0, 0.1) is 11.2 Å². The summed E-state index contributed by atoms with van der Waals surface area (Å²) in [6, 6.07) is 6.35. The molecule has 2 aliphatic rings. The third-order valence-electron chi connectivity index (χ3n) is 8.01. The number of benzene rings is 2. The third-order valence-corrected chi connectivity index (χ3v) is 8.01. The quantitative estimate of drug-likeness (QED) is 0.160. The summed E-state index contributed by atoms with van der Waals surface area (Å²) in [4.78, 5) is 34.7. The molecule has 54 heavy (non-hydrogen) atoms. The molecular formula is C34H35F8N9O3. The third kappa shape index (κ3) is 8.79. The molecule has 0 spiro atoms. The summed E-state index contributed by atoms with van der Waals surface area (Å²) in [7, 11) is 0. The molecular weight excluding hydrogens is 734 g/mol. The molecule has 2 atom stereocenters. The Kier molecular flexibility index (Phi) is 11.1. The van der Waals surface area contributed by atoms with Crippen LogP contribution in [0.5, 0.6) is 0 Å². The number of nitrogens with one attached hydrogen (secondary N) is 1. The predicted molar refractivity (Wildman–Crippen MR) is 177 cm³/mol. The van der Waals surface area contributed by atoms with Crippen LogP contribution in [0.25, 0.3) is 16.8 Å². The summed E-state index contributed by atoms with van der Waals surface area (Å²) in [6.07, 6.45) is -6.92. The molecule has 6 rings (SSSR count). The molecule has 3 heterocycles. The number of alkyl carbamates (subject to hydrolysis) is 1. The van der Waals surface area contributed by atoms with Gasteiger partial charge in [-0.25, -0.2) is 37.3 Å². The standard InChI is InChI=1S/C29H23F8N9O3.C5H12/c30-18-9-16(5-6-19(18)46-23(22(31)32)39-13-41-46)20(12-49-27(48)43-28(7-8-28)29(35,36)37)45-24(47)21(42-26(45)38)15-3-1-14(2-4-15)17-10-40-44(11-17)25(33)34;1-5(2,3)4/h1-6,9-11,13,20-22,25H,7-8,12H2,(H2,38,42)(H,43,48);1-4H3/t20?,21-;/m1./s1. The molecule has 4 aromatic rings. The van der Waals surface area contributed by atoms with Gasteiger partial charge in [-0.3, -0.25) is 9.69 Å². The number of nitrogens with two attached hydrogens (primary N) is 1. The van der Waals surface area contributed by atoms with Gasteiger partial charge in [-0.2, -0.15) is 32.1 Å². The first-order valence-electron chi connectivity index (χ1n) is 16.3. The Hall–Kier alpha value is -5.56. The molecule has 1 aliphatic carbocycles. The van der Waals surface area contributed by atoms with Gasteiger partial charge in [-0.05, 0) is 47.1 Å². The summed E-state index contributed by atoms with van der Waals surface area (Å²) in [5.41, 5.74) is 4.77. The lowest BCUT2D eigenvalue weighted by molar-refractivity contribution is -0.164. The van der Waals surface area contributed by atoms with Crippen molar-refractivity contribution in [1.82, 2.24) is 34.8 Å². The number of guanidine groups is 1. The number of carbonyl (C=O) groups is 2. The van der Waals surface area contributed by atoms with E-state index in [1.54, 1.807) is 5.32 Å². The number of hydrogen-bond donors (Lipinski definition) is 2. The van der Waals surface area contributed by atoms with Gasteiger partial charge in [-0.15, -0.1) is 0 Å². The van der Waals surface area contributed by atoms with Crippen molar-refractivity contribution in [1.29, 1.82) is 0 Å². The highest BCUT2D eigenvalue weighted by atomic mass is 19.4. The zero-order chi connectivity index (χ0) is 39.7. The lowest BCUT2D eigenvalue weighted by atomic mass is 10.0. The fourth-order valence-corrected chi connectivity index (χ4v) is 5.27. The SMILES string of the molecule is CC(C)(C)C.NC1=N[C@H](c2ccc(-c3cnn(C(F)F)c3)cc2)C(=O)N1C(COC(=O)NC1(C(F)(F)F)CC1)c1ccc(-n2ncnc2C(F)F)c(F)c1. The van der Waals surface area contributed by atoms with Crippen molar-refractivity contribution in [3.8, 4) is 16.8 Å². The van der Waals surface area contributed by atoms with E-state index in [0.717, 1.165) is 29.6 Å². The van der Waals surface area contributed by atoms with Crippen molar-refractivity contribution in [3.05, 3.63) is 84.0 Å². The summed E-state index contributed by atoms with van der Waals surface area (Å²) < 4.78 is 114. The van der Waals surface area contributed by atoms with Gasteiger partial charge in [0, 0.05) is 11.8 Å². The van der Waals surface area contributed by atoms with E-state index in [2.05, 4.69) is 47.9 Å². The Morgan fingerprint density at radius 2 is 1.67 bits per heavy atom. The fraction of sp³-hybridized carbons (Fsp3) is 0.412. The van der Waals surface area contributed by atoms with Crippen LogP contribution < -0.4 is 11.1 Å². The van der Waals surface area contributed by atoms with Crippen molar-refractivity contribution in [2.24, 2.45) is 16.1 Å². The molecule has 2 aromatic heterocycles. The number of amides is 2. The first kappa shape index (κ1) is 39.6. The van der Waals surface area contributed by atoms with E-state index in [1.165, 1.54) is 36.5 Å². The maximum Gasteiger partial charge on any atom is 0.411 e. The van der Waals surface area contributed by atoms with Crippen molar-refractivity contribution >= 4 is 18.0 Å². The molecule has 1 fully saturated rings. The molecule has 20 heteroatoms. The molecule has 2 aromatic carbocycles. The second-order valence-corrected chi connectivity index (χ2v) is 14.1. The van der Waals surface area contributed by atoms with E-state index in [1.807, 2.05) is 0 Å². The predicted octanol–water partition coefficient (Wildman–Crippen LogP) is 7.42. The molecule has 1 aliphatic heterocycles. The van der Waals surface area contributed by atoms with Gasteiger partial charge in [-0.1, -0.05) is 58.0 Å². The number of halogens is 8. The average molecular weight is 770 g/mol. The lowest BCUT2D eigenvalue weighted by Gasteiger charge is -2.29. The van der Waals surface area contributed by atoms with Crippen molar-refractivity contribution < 1.29 is 49.4 Å². The van der Waals surface area contributed by atoms with E-state index in [9.17, 15) is 40.3 Å². The summed E-state index contributed by atoms with van der Waals surface area (Å²) in [6.45, 7) is 5.07. The molecule has 3 N–H and O–H groups in total. The van der Waals surface area contributed by atoms with Gasteiger partial charge < -0.3 is 15.8 Å². The summed E-state index contributed by atoms with van der Waals surface area (Å²) >= 11 is 0. The first-order chi connectivity index (χ1) is 25.2. The van der Waals surface area contributed by atoms with Crippen molar-refractivity contribution in [2.45, 2.75) is 77.3 Å². The van der Waals surface area contributed by atoms with Gasteiger partial charge in [0.1, 0.15) is 30.0 Å². The monoisotopic (exact) mass is 769 g/mol. The van der Waals surface area contributed by atoms with Crippen LogP contribution in [-0.2, 0) is 9.53 Å². The molecule has 1 saturated carbocycles. The number of carbonyl (C=O) groups excluding carboxylic acids is 2. The molecule has 12 nitrogen and oxygen atoms in total. The first-order valence-corrected chi connectivity index (χ1v) is 16.3. The van der Waals surface area contributed by atoms with Crippen LogP contribution in [0.1, 0.15) is 82.5 Å². The Labute approximate surface area is 303 Å². The average Bonchev–Trinajstić information content (AvgIpc) is 3.39. The Bertz CT molecular complexity index is 2000. The van der Waals surface area contributed by atoms with Gasteiger partial charge >= 0.3 is 18.8 Å². The number of hydrogen-bond acceptors (Lipinski definition) is 8. The highest BCUT2D eigenvalue weighted by Gasteiger charge is 2.64. The normalized spacial score (nSPS) is 17.3. The maximum absolute atomic E-state index is 15.4. The lowest BCUT2D eigenvalue weighted by Crippen LogP contribution is -2.49. The highest BCUT2D eigenvalue weighted by Crippen LogP contribution is 2.49. The molecule has 1 unspecified atom stereocenters. The fourth-order valence-electron chi connectivity index (χ4n) is 5.27. The minimum atomic E-state index is -4.75. The smallest absolute Gasteiger partial charge is 0.411 e. The van der Waals surface area contributed by atoms with E-state index in [4.69, 9.17) is 10.5 Å². The summed E-state index contributed by atoms with van der Waals surface area (Å²) in [5.74, 6) is -3.18. The van der Waals surface area contributed by atoms with Crippen LogP contribution in [0.2, 0.25) is 0 Å². The number of rotatable bonds is 10. The largest absolute Gasteiger partial charge is 0.447 e. The van der Waals surface area contributed by atoms with Crippen LogP contribution >= 0.6 is 0 Å². The highest BCUT2D eigenvalue weighted by molar-refractivity contribution is 6.05. The van der Waals surface area contributed by atoms with Gasteiger partial charge in [0.2, 0.25) is 0 Å². The van der Waals surface area contributed by atoms with Gasteiger partial charge in [0.15, 0.2) is 17.8 Å². The number of nitrogens with zero attached hydrogens (tertiary/aromatic N) is 7. The van der Waals surface area contributed by atoms with Crippen LogP contribution in [0.15, 0.2) is 66.2 Å². The van der Waals surface area contributed by atoms with Crippen LogP contribution in [0.3, 0.4) is 0 Å². The second-order valence-electron chi connectivity index (χ2n) is 14.1. The number of aromatic nitrogens is 5. The van der Waals surface area contributed by atoms with Gasteiger partial charge in [0.25, 0.3) is 12.3 Å². The van der Waals surface area contributed by atoms with E-state index >= 15 is 4.39 Å². The molecule has 2 amide bonds. The van der Waals surface area contributed by atoms with Crippen LogP contribution in [0.4, 0.5) is 39.9 Å². The number of alkyl halides is 7. The Morgan fingerprint density at radius 1 is 1.02 bits per heavy atom. The van der Waals surface area contributed by atoms with E-state index in [0.29, 0.717) is 31.5 Å². The number of aliphatic imine (C=N–C) groups is 1. The molecule has 0 bridgehead atoms. The topological polar surface area (TPSA) is 146 Å². The number of ether oxygens (including phenoxy) is 1. The zero-order valence-corrected chi connectivity index (χ0v) is 29.2. The second kappa shape index (κ2) is 15.1. The molecule has 0 radical (unpaired) electrons. The summed E-state index contributed by atoms with van der Waals surface area (Å²) in [5, 5.41) is 8.98. The van der Waals surface area contributed by atoms with Crippen molar-refractivity contribution in [3.63, 3.8) is 0 Å². The Morgan fingerprint density at radius 3 is 2.20 bits per heavy atom. The van der Waals surface area contributed by atoms with Gasteiger partial charge in [0.05, 0.1) is 12.2 Å².